The van der Waals surface area contributed by atoms with Crippen LogP contribution in [0.4, 0.5) is 0 Å². The van der Waals surface area contributed by atoms with Gasteiger partial charge >= 0.3 is 0 Å². The van der Waals surface area contributed by atoms with Crippen LogP contribution in [0.25, 0.3) is 0 Å². The van der Waals surface area contributed by atoms with Gasteiger partial charge < -0.3 is 5.32 Å². The van der Waals surface area contributed by atoms with Crippen molar-refractivity contribution >= 4 is 5.91 Å². The van der Waals surface area contributed by atoms with E-state index in [1.165, 1.54) is 5.56 Å². The van der Waals surface area contributed by atoms with Crippen molar-refractivity contribution in [1.82, 2.24) is 5.32 Å². The van der Waals surface area contributed by atoms with Crippen molar-refractivity contribution in [3.63, 3.8) is 0 Å². The van der Waals surface area contributed by atoms with E-state index in [1.807, 2.05) is 75.4 Å². The molecule has 2 aromatic carbocycles. The van der Waals surface area contributed by atoms with Crippen LogP contribution in [-0.4, -0.2) is 5.91 Å². The first-order valence-corrected chi connectivity index (χ1v) is 7.50. The van der Waals surface area contributed by atoms with Crippen LogP contribution < -0.4 is 5.32 Å². The van der Waals surface area contributed by atoms with Gasteiger partial charge in [0.1, 0.15) is 6.04 Å². The summed E-state index contributed by atoms with van der Waals surface area (Å²) in [4.78, 5) is 12.0. The molecule has 0 saturated heterocycles. The van der Waals surface area contributed by atoms with Crippen LogP contribution in [0.3, 0.4) is 0 Å². The Kier molecular flexibility index (Phi) is 5.38. The van der Waals surface area contributed by atoms with E-state index in [0.717, 1.165) is 11.1 Å². The number of rotatable bonds is 3. The minimum absolute atomic E-state index is 0.00735. The second-order valence-electron chi connectivity index (χ2n) is 5.64. The Bertz CT molecular complexity index is 675. The van der Waals surface area contributed by atoms with Crippen molar-refractivity contribution in [3.05, 3.63) is 71.3 Å². The van der Waals surface area contributed by atoms with E-state index in [2.05, 4.69) is 17.2 Å². The normalized spacial score (nSPS) is 11.5. The topological polar surface area (TPSA) is 29.1 Å². The zero-order valence-corrected chi connectivity index (χ0v) is 13.3. The third kappa shape index (κ3) is 4.49. The highest BCUT2D eigenvalue weighted by molar-refractivity contribution is 5.78. The van der Waals surface area contributed by atoms with Crippen molar-refractivity contribution in [3.8, 4) is 11.8 Å². The molecule has 2 nitrogen and oxygen atoms in total. The molecule has 2 heteroatoms. The monoisotopic (exact) mass is 291 g/mol. The highest BCUT2D eigenvalue weighted by atomic mass is 16.1. The minimum atomic E-state index is -0.296. The molecule has 0 aromatic heterocycles. The smallest absolute Gasteiger partial charge is 0.223 e. The van der Waals surface area contributed by atoms with E-state index >= 15 is 0 Å². The molecule has 1 N–H and O–H groups in total. The van der Waals surface area contributed by atoms with Crippen LogP contribution in [0.5, 0.6) is 0 Å². The average Bonchev–Trinajstić information content (AvgIpc) is 2.53. The van der Waals surface area contributed by atoms with Crippen LogP contribution in [0.15, 0.2) is 54.6 Å². The minimum Gasteiger partial charge on any atom is -0.338 e. The van der Waals surface area contributed by atoms with Gasteiger partial charge in [-0.2, -0.15) is 0 Å². The summed E-state index contributed by atoms with van der Waals surface area (Å²) in [6, 6.07) is 17.6. The van der Waals surface area contributed by atoms with Gasteiger partial charge in [0, 0.05) is 11.5 Å². The van der Waals surface area contributed by atoms with Gasteiger partial charge in [-0.1, -0.05) is 73.7 Å². The fourth-order valence-corrected chi connectivity index (χ4v) is 1.95. The van der Waals surface area contributed by atoms with Gasteiger partial charge in [0.25, 0.3) is 0 Å². The lowest BCUT2D eigenvalue weighted by Crippen LogP contribution is -2.31. The SMILES string of the molecule is Cc1ccc(C(C#Cc2ccccc2)NC(=O)C(C)C)cc1. The molecule has 2 aromatic rings. The first-order chi connectivity index (χ1) is 10.6. The summed E-state index contributed by atoms with van der Waals surface area (Å²) in [5, 5.41) is 3.01. The summed E-state index contributed by atoms with van der Waals surface area (Å²) in [6.45, 7) is 5.81. The maximum atomic E-state index is 12.0. The summed E-state index contributed by atoms with van der Waals surface area (Å²) in [5.41, 5.74) is 3.13. The Balaban J connectivity index is 2.27. The Morgan fingerprint density at radius 1 is 1.00 bits per heavy atom. The highest BCUT2D eigenvalue weighted by Crippen LogP contribution is 2.14. The highest BCUT2D eigenvalue weighted by Gasteiger charge is 2.14. The van der Waals surface area contributed by atoms with Crippen LogP contribution in [0.2, 0.25) is 0 Å². The number of carbonyl (C=O) groups excluding carboxylic acids is 1. The van der Waals surface area contributed by atoms with E-state index in [9.17, 15) is 4.79 Å². The van der Waals surface area contributed by atoms with E-state index in [0.29, 0.717) is 0 Å². The molecule has 0 aliphatic heterocycles. The zero-order valence-electron chi connectivity index (χ0n) is 13.3. The molecule has 1 atom stereocenters. The summed E-state index contributed by atoms with van der Waals surface area (Å²) in [5.74, 6) is 6.26. The number of carbonyl (C=O) groups is 1. The number of aryl methyl sites for hydroxylation is 1. The molecule has 1 amide bonds. The fraction of sp³-hybridized carbons (Fsp3) is 0.250. The molecule has 0 radical (unpaired) electrons. The van der Waals surface area contributed by atoms with Crippen LogP contribution in [-0.2, 0) is 4.79 Å². The molecule has 0 aliphatic carbocycles. The predicted octanol–water partition coefficient (Wildman–Crippen LogP) is 3.86. The third-order valence-corrected chi connectivity index (χ3v) is 3.36. The lowest BCUT2D eigenvalue weighted by atomic mass is 10.0. The number of amides is 1. The number of benzene rings is 2. The second-order valence-corrected chi connectivity index (χ2v) is 5.64. The fourth-order valence-electron chi connectivity index (χ4n) is 1.95. The van der Waals surface area contributed by atoms with E-state index < -0.39 is 0 Å². The maximum absolute atomic E-state index is 12.0. The van der Waals surface area contributed by atoms with Crippen LogP contribution in [0.1, 0.15) is 36.6 Å². The molecule has 0 fully saturated rings. The van der Waals surface area contributed by atoms with E-state index in [-0.39, 0.29) is 17.9 Å². The van der Waals surface area contributed by atoms with Crippen molar-refractivity contribution < 1.29 is 4.79 Å². The molecule has 0 saturated carbocycles. The van der Waals surface area contributed by atoms with Gasteiger partial charge in [0.2, 0.25) is 5.91 Å². The molecular formula is C20H21NO. The van der Waals surface area contributed by atoms with Crippen molar-refractivity contribution in [2.75, 3.05) is 0 Å². The van der Waals surface area contributed by atoms with Crippen LogP contribution in [0, 0.1) is 24.7 Å². The molecule has 2 rings (SSSR count). The van der Waals surface area contributed by atoms with Crippen LogP contribution >= 0.6 is 0 Å². The molecule has 0 heterocycles. The molecular weight excluding hydrogens is 270 g/mol. The standard InChI is InChI=1S/C20H21NO/c1-15(2)20(22)21-19(18-12-9-16(3)10-13-18)14-11-17-7-5-4-6-8-17/h4-10,12-13,15,19H,1-3H3,(H,21,22). The predicted molar refractivity (Wildman–Crippen MR) is 90.2 cm³/mol. The average molecular weight is 291 g/mol. The summed E-state index contributed by atoms with van der Waals surface area (Å²) < 4.78 is 0. The molecule has 0 aliphatic rings. The molecule has 0 spiro atoms. The van der Waals surface area contributed by atoms with E-state index in [4.69, 9.17) is 0 Å². The number of hydrogen-bond donors (Lipinski definition) is 1. The summed E-state index contributed by atoms with van der Waals surface area (Å²) in [6.07, 6.45) is 0. The van der Waals surface area contributed by atoms with Crippen molar-refractivity contribution in [1.29, 1.82) is 0 Å². The Labute approximate surface area is 132 Å². The molecule has 1 unspecified atom stereocenters. The van der Waals surface area contributed by atoms with Crippen molar-refractivity contribution in [2.24, 2.45) is 5.92 Å². The lowest BCUT2D eigenvalue weighted by Gasteiger charge is -2.15. The summed E-state index contributed by atoms with van der Waals surface area (Å²) in [7, 11) is 0. The Hall–Kier alpha value is -2.53. The molecule has 0 bridgehead atoms. The van der Waals surface area contributed by atoms with Gasteiger partial charge in [-0.05, 0) is 24.6 Å². The van der Waals surface area contributed by atoms with Gasteiger partial charge in [-0.25, -0.2) is 0 Å². The van der Waals surface area contributed by atoms with Gasteiger partial charge in [0.15, 0.2) is 0 Å². The number of hydrogen-bond acceptors (Lipinski definition) is 1. The second kappa shape index (κ2) is 7.47. The largest absolute Gasteiger partial charge is 0.338 e. The quantitative estimate of drug-likeness (QED) is 0.855. The maximum Gasteiger partial charge on any atom is 0.223 e. The molecule has 112 valence electrons. The Morgan fingerprint density at radius 3 is 2.23 bits per heavy atom. The van der Waals surface area contributed by atoms with Gasteiger partial charge in [-0.3, -0.25) is 4.79 Å². The van der Waals surface area contributed by atoms with Gasteiger partial charge in [-0.15, -0.1) is 0 Å². The van der Waals surface area contributed by atoms with E-state index in [1.54, 1.807) is 0 Å². The first kappa shape index (κ1) is 15.9. The van der Waals surface area contributed by atoms with Gasteiger partial charge in [0.05, 0.1) is 0 Å². The third-order valence-electron chi connectivity index (χ3n) is 3.36. The zero-order chi connectivity index (χ0) is 15.9. The number of nitrogens with one attached hydrogen (secondary N) is 1. The first-order valence-electron chi connectivity index (χ1n) is 7.50. The van der Waals surface area contributed by atoms with Crippen molar-refractivity contribution in [2.45, 2.75) is 26.8 Å². The Morgan fingerprint density at radius 2 is 1.64 bits per heavy atom. The lowest BCUT2D eigenvalue weighted by molar-refractivity contribution is -0.124. The summed E-state index contributed by atoms with van der Waals surface area (Å²) >= 11 is 0. The molecule has 22 heavy (non-hydrogen) atoms.